The molecule has 0 spiro atoms. The molecule has 0 rings (SSSR count). The average molecular weight is 905 g/mol. The van der Waals surface area contributed by atoms with Crippen LogP contribution in [0.15, 0.2) is 48.6 Å². The van der Waals surface area contributed by atoms with Crippen LogP contribution in [0, 0.1) is 0 Å². The zero-order valence-corrected chi connectivity index (χ0v) is 40.1. The Morgan fingerprint density at radius 2 is 0.618 bits per heavy atom. The molecule has 0 aromatic heterocycles. The van der Waals surface area contributed by atoms with Gasteiger partial charge in [0.15, 0.2) is 12.6 Å². The molecule has 0 aliphatic carbocycles. The molecule has 0 aliphatic rings. The third-order valence-electron chi connectivity index (χ3n) is 9.61. The number of halogens is 2. The van der Waals surface area contributed by atoms with Crippen molar-refractivity contribution in [1.82, 2.24) is 0 Å². The summed E-state index contributed by atoms with van der Waals surface area (Å²) in [6.45, 7) is 9.22. The third-order valence-corrected chi connectivity index (χ3v) is 10.7. The van der Waals surface area contributed by atoms with Gasteiger partial charge in [-0.15, -0.1) is 0 Å². The molecule has 0 saturated carbocycles. The van der Waals surface area contributed by atoms with Crippen LogP contribution in [0.25, 0.3) is 0 Å². The highest BCUT2D eigenvalue weighted by molar-refractivity contribution is 9.09. The first-order valence-corrected chi connectivity index (χ1v) is 25.5. The maximum atomic E-state index is 5.87. The average Bonchev–Trinajstić information content (AvgIpc) is 3.20. The van der Waals surface area contributed by atoms with E-state index in [0.29, 0.717) is 0 Å². The number of unbranched alkanes of at least 4 members (excludes halogenated alkanes) is 23. The molecule has 2 unspecified atom stereocenters. The molecule has 0 N–H and O–H groups in total. The molecule has 0 amide bonds. The van der Waals surface area contributed by atoms with E-state index in [2.05, 4.69) is 101 Å². The van der Waals surface area contributed by atoms with E-state index < -0.39 is 0 Å². The summed E-state index contributed by atoms with van der Waals surface area (Å²) in [6.07, 6.45) is 56.9. The van der Waals surface area contributed by atoms with E-state index in [1.165, 1.54) is 161 Å². The van der Waals surface area contributed by atoms with E-state index in [4.69, 9.17) is 18.9 Å². The van der Waals surface area contributed by atoms with Crippen LogP contribution < -0.4 is 0 Å². The summed E-state index contributed by atoms with van der Waals surface area (Å²) in [6, 6.07) is 0. The van der Waals surface area contributed by atoms with Gasteiger partial charge in [-0.3, -0.25) is 0 Å². The predicted molar refractivity (Wildman–Crippen MR) is 252 cm³/mol. The van der Waals surface area contributed by atoms with E-state index in [0.717, 1.165) is 62.6 Å². The molecule has 0 saturated heterocycles. The molecule has 0 fully saturated rings. The number of hydrogen-bond acceptors (Lipinski definition) is 4. The number of alkyl halides is 2. The normalized spacial score (nSPS) is 13.1. The molecule has 0 radical (unpaired) electrons. The quantitative estimate of drug-likeness (QED) is 0.0264. The molecule has 0 bridgehead atoms. The van der Waals surface area contributed by atoms with Gasteiger partial charge >= 0.3 is 0 Å². The first-order chi connectivity index (χ1) is 27.2. The second kappa shape index (κ2) is 53.8. The van der Waals surface area contributed by atoms with Gasteiger partial charge in [0, 0.05) is 26.9 Å². The summed E-state index contributed by atoms with van der Waals surface area (Å²) >= 11 is 6.88. The third kappa shape index (κ3) is 51.7. The predicted octanol–water partition coefficient (Wildman–Crippen LogP) is 17.1. The summed E-state index contributed by atoms with van der Waals surface area (Å²) in [5, 5.41) is 1.51. The fraction of sp³-hybridized carbons (Fsp3) is 0.837. The van der Waals surface area contributed by atoms with Crippen LogP contribution in [-0.4, -0.2) is 50.2 Å². The molecule has 0 aliphatic heterocycles. The summed E-state index contributed by atoms with van der Waals surface area (Å²) in [5.41, 5.74) is 0. The van der Waals surface area contributed by atoms with Crippen molar-refractivity contribution in [1.29, 1.82) is 0 Å². The van der Waals surface area contributed by atoms with Crippen LogP contribution in [0.2, 0.25) is 0 Å². The fourth-order valence-electron chi connectivity index (χ4n) is 6.02. The fourth-order valence-corrected chi connectivity index (χ4v) is 6.85. The topological polar surface area (TPSA) is 36.9 Å². The summed E-state index contributed by atoms with van der Waals surface area (Å²) in [7, 11) is 1.68. The zero-order valence-electron chi connectivity index (χ0n) is 36.9. The second-order valence-corrected chi connectivity index (χ2v) is 16.2. The van der Waals surface area contributed by atoms with E-state index in [1.807, 2.05) is 0 Å². The van der Waals surface area contributed by atoms with Gasteiger partial charge in [0.1, 0.15) is 0 Å². The lowest BCUT2D eigenvalue weighted by molar-refractivity contribution is -0.127. The Morgan fingerprint density at radius 3 is 0.945 bits per heavy atom. The summed E-state index contributed by atoms with van der Waals surface area (Å²) < 4.78 is 22.4. The smallest absolute Gasteiger partial charge is 0.167 e. The number of hydrogen-bond donors (Lipinski definition) is 0. The van der Waals surface area contributed by atoms with Crippen molar-refractivity contribution in [2.45, 2.75) is 226 Å². The highest BCUT2D eigenvalue weighted by Crippen LogP contribution is 2.12. The van der Waals surface area contributed by atoms with Gasteiger partial charge in [0.2, 0.25) is 0 Å². The van der Waals surface area contributed by atoms with Crippen molar-refractivity contribution in [3.8, 4) is 0 Å². The standard InChI is InChI=1S/C28H53BrO2.C21H39BrO2/c1-3-5-7-9-11-12-13-14-15-16-17-18-19-20-22-24-26-31-28(27-29)30-25-23-21-10-8-6-4-2;1-3-4-5-6-7-8-9-10-11-12-13-14-15-16-17-18-19-24-21(20-22)23-2/h11-12,14-15,28H,3-10,13,16-27H2,1-2H3;7-8,10-11,21H,3-6,9,12-20H2,1-2H3/b12-11-,15-14-;8-7-,11-10-. The molecular weight excluding hydrogens is 812 g/mol. The van der Waals surface area contributed by atoms with Gasteiger partial charge in [0.05, 0.1) is 10.7 Å². The Labute approximate surface area is 361 Å². The Hall–Kier alpha value is -0.240. The molecule has 0 heterocycles. The molecule has 2 atom stereocenters. The lowest BCUT2D eigenvalue weighted by atomic mass is 10.1. The Morgan fingerprint density at radius 1 is 0.345 bits per heavy atom. The van der Waals surface area contributed by atoms with E-state index in [9.17, 15) is 0 Å². The van der Waals surface area contributed by atoms with Gasteiger partial charge in [0.25, 0.3) is 0 Å². The lowest BCUT2D eigenvalue weighted by Crippen LogP contribution is -2.20. The van der Waals surface area contributed by atoms with Gasteiger partial charge in [-0.1, -0.05) is 210 Å². The first-order valence-electron chi connectivity index (χ1n) is 23.3. The van der Waals surface area contributed by atoms with Gasteiger partial charge in [-0.05, 0) is 83.5 Å². The monoisotopic (exact) mass is 903 g/mol. The SMILES string of the molecule is CCCCC/C=C\C/C=C\CCCCCCCCOC(CBr)OC.CCCCC/C=C\C/C=C\CCCCCCCCOC(CBr)OCCCCCCCC. The molecular formula is C49H92Br2O4. The minimum Gasteiger partial charge on any atom is -0.355 e. The van der Waals surface area contributed by atoms with E-state index in [1.54, 1.807) is 7.11 Å². The molecule has 326 valence electrons. The maximum absolute atomic E-state index is 5.87. The van der Waals surface area contributed by atoms with Crippen molar-refractivity contribution in [3.63, 3.8) is 0 Å². The van der Waals surface area contributed by atoms with Crippen molar-refractivity contribution < 1.29 is 18.9 Å². The summed E-state index contributed by atoms with van der Waals surface area (Å²) in [4.78, 5) is 0. The Kier molecular flexibility index (Phi) is 55.6. The van der Waals surface area contributed by atoms with Crippen molar-refractivity contribution in [2.75, 3.05) is 37.6 Å². The maximum Gasteiger partial charge on any atom is 0.167 e. The van der Waals surface area contributed by atoms with Crippen LogP contribution in [0.5, 0.6) is 0 Å². The van der Waals surface area contributed by atoms with Crippen LogP contribution in [0.4, 0.5) is 0 Å². The summed E-state index contributed by atoms with van der Waals surface area (Å²) in [5.74, 6) is 0. The van der Waals surface area contributed by atoms with Gasteiger partial charge < -0.3 is 18.9 Å². The minimum absolute atomic E-state index is 0.0754. The second-order valence-electron chi connectivity index (χ2n) is 15.0. The van der Waals surface area contributed by atoms with Crippen molar-refractivity contribution >= 4 is 31.9 Å². The highest BCUT2D eigenvalue weighted by atomic mass is 79.9. The molecule has 0 aromatic carbocycles. The van der Waals surface area contributed by atoms with Crippen molar-refractivity contribution in [3.05, 3.63) is 48.6 Å². The Balaban J connectivity index is 0. The number of rotatable bonds is 43. The number of ether oxygens (including phenoxy) is 4. The van der Waals surface area contributed by atoms with Crippen LogP contribution in [-0.2, 0) is 18.9 Å². The zero-order chi connectivity index (χ0) is 40.4. The Bertz CT molecular complexity index is 796. The highest BCUT2D eigenvalue weighted by Gasteiger charge is 2.07. The number of allylic oxidation sites excluding steroid dienone is 8. The molecule has 6 heteroatoms. The largest absolute Gasteiger partial charge is 0.355 e. The van der Waals surface area contributed by atoms with Crippen molar-refractivity contribution in [2.24, 2.45) is 0 Å². The number of methoxy groups -OCH3 is 1. The van der Waals surface area contributed by atoms with Crippen LogP contribution in [0.1, 0.15) is 213 Å². The van der Waals surface area contributed by atoms with Gasteiger partial charge in [-0.25, -0.2) is 0 Å². The minimum atomic E-state index is -0.0945. The first kappa shape index (κ1) is 56.9. The lowest BCUT2D eigenvalue weighted by Gasteiger charge is -2.16. The molecule has 55 heavy (non-hydrogen) atoms. The van der Waals surface area contributed by atoms with Crippen LogP contribution in [0.3, 0.4) is 0 Å². The molecule has 0 aromatic rings. The molecule has 4 nitrogen and oxygen atoms in total. The van der Waals surface area contributed by atoms with E-state index in [-0.39, 0.29) is 12.6 Å². The van der Waals surface area contributed by atoms with Crippen LogP contribution >= 0.6 is 31.9 Å². The van der Waals surface area contributed by atoms with E-state index >= 15 is 0 Å². The van der Waals surface area contributed by atoms with Gasteiger partial charge in [-0.2, -0.15) is 0 Å².